The Bertz CT molecular complexity index is 233. The maximum atomic E-state index is 9.52. The lowest BCUT2D eigenvalue weighted by Crippen LogP contribution is -1.80. The van der Waals surface area contributed by atoms with E-state index in [0.717, 1.165) is 13.4 Å². The first-order valence-electron chi connectivity index (χ1n) is 2.67. The maximum absolute atomic E-state index is 9.52. The summed E-state index contributed by atoms with van der Waals surface area (Å²) >= 11 is 16.4. The lowest BCUT2D eigenvalue weighted by molar-refractivity contribution is 0.467. The molecule has 0 aliphatic carbocycles. The van der Waals surface area contributed by atoms with Crippen molar-refractivity contribution in [3.05, 3.63) is 22.4 Å². The Morgan fingerprint density at radius 3 is 1.15 bits per heavy atom. The van der Waals surface area contributed by atoms with E-state index in [0.29, 0.717) is 8.95 Å². The van der Waals surface area contributed by atoms with Crippen LogP contribution in [0.1, 0.15) is 0 Å². The molecular weight excluding hydrogens is 504 g/mol. The summed E-state index contributed by atoms with van der Waals surface area (Å²) in [6.45, 7) is 0. The zero-order valence-electron chi connectivity index (χ0n) is 5.84. The van der Waals surface area contributed by atoms with Gasteiger partial charge in [0.15, 0.2) is 0 Å². The van der Waals surface area contributed by atoms with Crippen LogP contribution in [-0.4, -0.2) is 10.6 Å². The zero-order valence-corrected chi connectivity index (χ0v) is 13.8. The molecule has 0 fully saturated rings. The van der Waals surface area contributed by atoms with E-state index in [1.807, 2.05) is 0 Å². The summed E-state index contributed by atoms with van der Waals surface area (Å²) in [6, 6.07) is 0. The Hall–Kier alpha value is 1.38. The van der Waals surface area contributed by atoms with E-state index in [-0.39, 0.29) is 11.2 Å². The summed E-state index contributed by atoms with van der Waals surface area (Å²) in [4.78, 5) is 0. The molecule has 0 unspecified atom stereocenters. The van der Waals surface area contributed by atoms with E-state index in [4.69, 9.17) is 0 Å². The zero-order chi connectivity index (χ0) is 9.46. The number of hydrogen-bond acceptors (Lipinski definition) is 1. The van der Waals surface area contributed by atoms with Gasteiger partial charge in [-0.3, -0.25) is 0 Å². The van der Waals surface area contributed by atoms with Gasteiger partial charge in [-0.1, -0.05) is 0 Å². The molecule has 3 N–H and O–H groups in total. The van der Waals surface area contributed by atoms with Crippen molar-refractivity contribution in [2.45, 2.75) is 0 Å². The molecule has 0 aromatic heterocycles. The summed E-state index contributed by atoms with van der Waals surface area (Å²) in [5.74, 6) is 0.164. The van der Waals surface area contributed by atoms with Gasteiger partial charge in [-0.25, -0.2) is 0 Å². The van der Waals surface area contributed by atoms with E-state index in [1.54, 1.807) is 0 Å². The van der Waals surface area contributed by atoms with E-state index in [2.05, 4.69) is 79.6 Å². The summed E-state index contributed by atoms with van der Waals surface area (Å²) in [5, 5.41) is 9.52. The lowest BCUT2D eigenvalue weighted by Gasteiger charge is -2.07. The van der Waals surface area contributed by atoms with Crippen LogP contribution in [0.5, 0.6) is 5.75 Å². The van der Waals surface area contributed by atoms with Gasteiger partial charge in [0.05, 0.1) is 17.9 Å². The Morgan fingerprint density at radius 2 is 0.846 bits per heavy atom. The molecular formula is C6H3Br5O2. The Balaban J connectivity index is 0.00000144. The van der Waals surface area contributed by atoms with Crippen molar-refractivity contribution in [1.82, 2.24) is 0 Å². The average molecular weight is 507 g/mol. The van der Waals surface area contributed by atoms with Crippen molar-refractivity contribution in [1.29, 1.82) is 0 Å². The summed E-state index contributed by atoms with van der Waals surface area (Å²) in [5.41, 5.74) is 0. The molecule has 0 radical (unpaired) electrons. The topological polar surface area (TPSA) is 51.7 Å². The molecule has 1 aromatic rings. The molecule has 0 spiro atoms. The van der Waals surface area contributed by atoms with Gasteiger partial charge in [-0.05, 0) is 79.6 Å². The highest BCUT2D eigenvalue weighted by molar-refractivity contribution is 9.15. The molecule has 0 amide bonds. The monoisotopic (exact) mass is 502 g/mol. The fourth-order valence-electron chi connectivity index (χ4n) is 0.593. The van der Waals surface area contributed by atoms with Crippen molar-refractivity contribution in [3.8, 4) is 5.75 Å². The van der Waals surface area contributed by atoms with Crippen LogP contribution in [0, 0.1) is 0 Å². The molecule has 7 heteroatoms. The van der Waals surface area contributed by atoms with Gasteiger partial charge < -0.3 is 10.6 Å². The maximum Gasteiger partial charge on any atom is 0.146 e. The van der Waals surface area contributed by atoms with Crippen molar-refractivity contribution in [2.24, 2.45) is 0 Å². The first kappa shape index (κ1) is 14.4. The molecule has 74 valence electrons. The molecule has 13 heavy (non-hydrogen) atoms. The first-order chi connectivity index (χ1) is 5.46. The largest absolute Gasteiger partial charge is 0.505 e. The van der Waals surface area contributed by atoms with Gasteiger partial charge >= 0.3 is 0 Å². The van der Waals surface area contributed by atoms with Crippen LogP contribution < -0.4 is 0 Å². The van der Waals surface area contributed by atoms with Crippen molar-refractivity contribution < 1.29 is 10.6 Å². The average Bonchev–Trinajstić information content (AvgIpc) is 2.08. The summed E-state index contributed by atoms with van der Waals surface area (Å²) in [6.07, 6.45) is 0. The van der Waals surface area contributed by atoms with Gasteiger partial charge in [0.25, 0.3) is 0 Å². The SMILES string of the molecule is O.Oc1c(Br)c(Br)c(Br)c(Br)c1Br. The molecule has 2 nitrogen and oxygen atoms in total. The van der Waals surface area contributed by atoms with Crippen LogP contribution in [0.2, 0.25) is 0 Å². The number of halogens is 5. The molecule has 1 rings (SSSR count). The van der Waals surface area contributed by atoms with Crippen LogP contribution in [-0.2, 0) is 0 Å². The van der Waals surface area contributed by atoms with Crippen LogP contribution >= 0.6 is 79.6 Å². The smallest absolute Gasteiger partial charge is 0.146 e. The minimum absolute atomic E-state index is 0. The molecule has 0 bridgehead atoms. The van der Waals surface area contributed by atoms with Gasteiger partial charge in [-0.2, -0.15) is 0 Å². The highest BCUT2D eigenvalue weighted by atomic mass is 79.9. The molecule has 0 atom stereocenters. The van der Waals surface area contributed by atoms with Gasteiger partial charge in [0.1, 0.15) is 5.75 Å². The number of rotatable bonds is 0. The second kappa shape index (κ2) is 5.46. The summed E-state index contributed by atoms with van der Waals surface area (Å²) in [7, 11) is 0. The Kier molecular flexibility index (Phi) is 6.04. The minimum atomic E-state index is 0. The fraction of sp³-hybridized carbons (Fsp3) is 0. The van der Waals surface area contributed by atoms with Crippen molar-refractivity contribution >= 4 is 79.6 Å². The first-order valence-corrected chi connectivity index (χ1v) is 6.63. The van der Waals surface area contributed by atoms with E-state index in [9.17, 15) is 5.11 Å². The van der Waals surface area contributed by atoms with Gasteiger partial charge in [0, 0.05) is 4.47 Å². The molecule has 0 aliphatic heterocycles. The third-order valence-electron chi connectivity index (χ3n) is 1.19. The lowest BCUT2D eigenvalue weighted by atomic mass is 10.3. The Labute approximate surface area is 117 Å². The van der Waals surface area contributed by atoms with E-state index >= 15 is 0 Å². The minimum Gasteiger partial charge on any atom is -0.505 e. The van der Waals surface area contributed by atoms with Crippen LogP contribution in [0.25, 0.3) is 0 Å². The van der Waals surface area contributed by atoms with Gasteiger partial charge in [0.2, 0.25) is 0 Å². The molecule has 0 saturated carbocycles. The number of aromatic hydroxyl groups is 1. The normalized spacial score (nSPS) is 9.62. The number of phenolic OH excluding ortho intramolecular Hbond substituents is 1. The molecule has 0 saturated heterocycles. The van der Waals surface area contributed by atoms with Crippen molar-refractivity contribution in [3.63, 3.8) is 0 Å². The fourth-order valence-corrected chi connectivity index (χ4v) is 3.62. The second-order valence-corrected chi connectivity index (χ2v) is 5.88. The van der Waals surface area contributed by atoms with Gasteiger partial charge in [-0.15, -0.1) is 0 Å². The standard InChI is InChI=1S/C6HBr5O.H2O/c7-1-2(8)4(10)6(12)5(11)3(1)9;/h12H;1H2. The second-order valence-electron chi connectivity index (χ2n) is 1.92. The third kappa shape index (κ3) is 2.69. The molecule has 1 aromatic carbocycles. The predicted octanol–water partition coefficient (Wildman–Crippen LogP) is 4.38. The number of benzene rings is 1. The third-order valence-corrected chi connectivity index (χ3v) is 7.24. The number of hydrogen-bond donors (Lipinski definition) is 1. The Morgan fingerprint density at radius 1 is 0.615 bits per heavy atom. The highest BCUT2D eigenvalue weighted by Gasteiger charge is 2.16. The predicted molar refractivity (Wildman–Crippen MR) is 70.2 cm³/mol. The highest BCUT2D eigenvalue weighted by Crippen LogP contribution is 2.47. The van der Waals surface area contributed by atoms with E-state index < -0.39 is 0 Å². The van der Waals surface area contributed by atoms with Crippen molar-refractivity contribution in [2.75, 3.05) is 0 Å². The molecule has 0 heterocycles. The quantitative estimate of drug-likeness (QED) is 0.412. The molecule has 0 aliphatic rings. The van der Waals surface area contributed by atoms with Crippen LogP contribution in [0.4, 0.5) is 0 Å². The summed E-state index contributed by atoms with van der Waals surface area (Å²) < 4.78 is 3.62. The van der Waals surface area contributed by atoms with Crippen LogP contribution in [0.3, 0.4) is 0 Å². The van der Waals surface area contributed by atoms with Crippen LogP contribution in [0.15, 0.2) is 22.4 Å². The van der Waals surface area contributed by atoms with E-state index in [1.165, 1.54) is 0 Å². The number of phenols is 1.